The molecule has 0 unspecified atom stereocenters. The molecule has 0 atom stereocenters. The molecule has 0 amide bonds. The number of carbonyl (C=O) groups is 1. The molecule has 0 saturated heterocycles. The van der Waals surface area contributed by atoms with Gasteiger partial charge in [-0.05, 0) is 6.07 Å². The first-order valence-corrected chi connectivity index (χ1v) is 5.07. The number of aromatic nitrogens is 1. The van der Waals surface area contributed by atoms with E-state index in [0.29, 0.717) is 16.7 Å². The van der Waals surface area contributed by atoms with Crippen LogP contribution in [0.2, 0.25) is 0 Å². The van der Waals surface area contributed by atoms with Crippen molar-refractivity contribution >= 4 is 17.7 Å². The van der Waals surface area contributed by atoms with Crippen LogP contribution in [0.3, 0.4) is 0 Å². The molecule has 2 aromatic heterocycles. The lowest BCUT2D eigenvalue weighted by molar-refractivity contribution is 0.0696. The van der Waals surface area contributed by atoms with Gasteiger partial charge in [0.05, 0.1) is 17.5 Å². The number of carboxylic acids is 1. The van der Waals surface area contributed by atoms with Crippen molar-refractivity contribution in [1.29, 1.82) is 0 Å². The molecule has 15 heavy (non-hydrogen) atoms. The smallest absolute Gasteiger partial charge is 0.338 e. The Hall–Kier alpha value is -1.69. The van der Waals surface area contributed by atoms with Crippen molar-refractivity contribution in [2.75, 3.05) is 0 Å². The number of aromatic carboxylic acids is 1. The maximum atomic E-state index is 10.5. The van der Waals surface area contributed by atoms with Crippen molar-refractivity contribution in [2.45, 2.75) is 11.0 Å². The Morgan fingerprint density at radius 1 is 1.53 bits per heavy atom. The van der Waals surface area contributed by atoms with Crippen LogP contribution in [0, 0.1) is 0 Å². The minimum atomic E-state index is -0.994. The highest BCUT2D eigenvalue weighted by Gasteiger charge is 2.09. The number of hydrogen-bond donors (Lipinski definition) is 1. The Labute approximate surface area is 89.1 Å². The highest BCUT2D eigenvalue weighted by molar-refractivity contribution is 7.98. The molecule has 0 aromatic carbocycles. The van der Waals surface area contributed by atoms with Crippen LogP contribution in [0.5, 0.6) is 0 Å². The van der Waals surface area contributed by atoms with Crippen LogP contribution >= 0.6 is 11.8 Å². The molecule has 78 valence electrons. The Bertz CT molecular complexity index is 448. The van der Waals surface area contributed by atoms with Crippen LogP contribution < -0.4 is 0 Å². The van der Waals surface area contributed by atoms with Crippen molar-refractivity contribution in [2.24, 2.45) is 0 Å². The second-order valence-corrected chi connectivity index (χ2v) is 3.62. The van der Waals surface area contributed by atoms with Crippen LogP contribution in [0.4, 0.5) is 0 Å². The number of rotatable bonds is 4. The molecule has 6 heteroatoms. The molecule has 0 bridgehead atoms. The van der Waals surface area contributed by atoms with Crippen molar-refractivity contribution in [3.8, 4) is 0 Å². The van der Waals surface area contributed by atoms with E-state index < -0.39 is 5.97 Å². The van der Waals surface area contributed by atoms with E-state index in [-0.39, 0.29) is 5.56 Å². The van der Waals surface area contributed by atoms with Gasteiger partial charge in [-0.25, -0.2) is 9.78 Å². The number of oxazole rings is 1. The number of nitrogens with zero attached hydrogens (tertiary/aromatic N) is 1. The zero-order chi connectivity index (χ0) is 10.7. The fourth-order valence-electron chi connectivity index (χ4n) is 0.983. The van der Waals surface area contributed by atoms with Gasteiger partial charge in [0.25, 0.3) is 5.22 Å². The van der Waals surface area contributed by atoms with Gasteiger partial charge >= 0.3 is 5.97 Å². The van der Waals surface area contributed by atoms with E-state index in [1.165, 1.54) is 30.4 Å². The van der Waals surface area contributed by atoms with E-state index in [0.717, 1.165) is 0 Å². The lowest BCUT2D eigenvalue weighted by Gasteiger charge is -1.91. The minimum Gasteiger partial charge on any atom is -0.478 e. The third-order valence-corrected chi connectivity index (χ3v) is 2.53. The highest BCUT2D eigenvalue weighted by atomic mass is 32.2. The molecule has 0 aliphatic heterocycles. The third kappa shape index (κ3) is 2.41. The summed E-state index contributed by atoms with van der Waals surface area (Å²) in [7, 11) is 0. The quantitative estimate of drug-likeness (QED) is 0.804. The molecular formula is C9H7NO4S. The standard InChI is InChI=1S/C9H7NO4S/c11-8(12)6-3-7(14-4-6)5-15-9-10-1-2-13-9/h1-4H,5H2,(H,11,12). The summed E-state index contributed by atoms with van der Waals surface area (Å²) in [5.41, 5.74) is 0.151. The molecule has 0 fully saturated rings. The van der Waals surface area contributed by atoms with E-state index in [4.69, 9.17) is 13.9 Å². The number of furan rings is 1. The Morgan fingerprint density at radius 2 is 2.40 bits per heavy atom. The zero-order valence-electron chi connectivity index (χ0n) is 7.54. The number of thioether (sulfide) groups is 1. The van der Waals surface area contributed by atoms with Crippen LogP contribution in [0.25, 0.3) is 0 Å². The molecule has 5 nitrogen and oxygen atoms in total. The summed E-state index contributed by atoms with van der Waals surface area (Å²) in [5.74, 6) is 0.0788. The Morgan fingerprint density at radius 3 is 3.00 bits per heavy atom. The van der Waals surface area contributed by atoms with Crippen molar-refractivity contribution in [3.05, 3.63) is 36.1 Å². The van der Waals surface area contributed by atoms with Crippen molar-refractivity contribution < 1.29 is 18.7 Å². The summed E-state index contributed by atoms with van der Waals surface area (Å²) in [6.07, 6.45) is 4.24. The average Bonchev–Trinajstić information content (AvgIpc) is 2.86. The molecule has 0 spiro atoms. The fraction of sp³-hybridized carbons (Fsp3) is 0.111. The number of hydrogen-bond acceptors (Lipinski definition) is 5. The van der Waals surface area contributed by atoms with Crippen molar-refractivity contribution in [3.63, 3.8) is 0 Å². The molecule has 2 heterocycles. The minimum absolute atomic E-state index is 0.151. The fourth-order valence-corrected chi connectivity index (χ4v) is 1.66. The first-order chi connectivity index (χ1) is 7.25. The third-order valence-electron chi connectivity index (χ3n) is 1.65. The van der Waals surface area contributed by atoms with E-state index >= 15 is 0 Å². The van der Waals surface area contributed by atoms with Gasteiger partial charge < -0.3 is 13.9 Å². The second-order valence-electron chi connectivity index (χ2n) is 2.69. The zero-order valence-corrected chi connectivity index (χ0v) is 8.36. The second kappa shape index (κ2) is 4.22. The summed E-state index contributed by atoms with van der Waals surface area (Å²) in [4.78, 5) is 14.5. The maximum absolute atomic E-state index is 10.5. The van der Waals surface area contributed by atoms with Gasteiger partial charge in [-0.2, -0.15) is 0 Å². The van der Waals surface area contributed by atoms with E-state index in [2.05, 4.69) is 4.98 Å². The molecule has 0 aliphatic rings. The molecule has 0 radical (unpaired) electrons. The molecule has 0 saturated carbocycles. The summed E-state index contributed by atoms with van der Waals surface area (Å²) >= 11 is 1.34. The molecule has 2 aromatic rings. The van der Waals surface area contributed by atoms with E-state index in [1.54, 1.807) is 6.20 Å². The summed E-state index contributed by atoms with van der Waals surface area (Å²) in [5, 5.41) is 9.18. The van der Waals surface area contributed by atoms with Gasteiger partial charge in [0.2, 0.25) is 0 Å². The van der Waals surface area contributed by atoms with Gasteiger partial charge in [-0.3, -0.25) is 0 Å². The summed E-state index contributed by atoms with van der Waals surface area (Å²) in [6.45, 7) is 0. The van der Waals surface area contributed by atoms with Gasteiger partial charge in [-0.15, -0.1) is 0 Å². The first-order valence-electron chi connectivity index (χ1n) is 4.08. The first kappa shape index (κ1) is 9.85. The van der Waals surface area contributed by atoms with Gasteiger partial charge in [0, 0.05) is 0 Å². The SMILES string of the molecule is O=C(O)c1coc(CSc2ncco2)c1. The average molecular weight is 225 g/mol. The molecule has 0 aliphatic carbocycles. The predicted octanol–water partition coefficient (Wildman–Crippen LogP) is 2.26. The van der Waals surface area contributed by atoms with Crippen LogP contribution in [-0.4, -0.2) is 16.1 Å². The van der Waals surface area contributed by atoms with E-state index in [1.807, 2.05) is 0 Å². The van der Waals surface area contributed by atoms with Gasteiger partial charge in [-0.1, -0.05) is 11.8 Å². The largest absolute Gasteiger partial charge is 0.478 e. The van der Waals surface area contributed by atoms with Crippen LogP contribution in [-0.2, 0) is 5.75 Å². The van der Waals surface area contributed by atoms with Gasteiger partial charge in [0.1, 0.15) is 18.3 Å². The summed E-state index contributed by atoms with van der Waals surface area (Å²) < 4.78 is 10.1. The lowest BCUT2D eigenvalue weighted by atomic mass is 10.3. The summed E-state index contributed by atoms with van der Waals surface area (Å²) in [6, 6.07) is 1.48. The monoisotopic (exact) mass is 225 g/mol. The van der Waals surface area contributed by atoms with E-state index in [9.17, 15) is 4.79 Å². The Kier molecular flexibility index (Phi) is 2.77. The molecule has 1 N–H and O–H groups in total. The highest BCUT2D eigenvalue weighted by Crippen LogP contribution is 2.21. The number of carboxylic acid groups (broad SMARTS) is 1. The maximum Gasteiger partial charge on any atom is 0.338 e. The van der Waals surface area contributed by atoms with Gasteiger partial charge in [0.15, 0.2) is 0 Å². The molecule has 2 rings (SSSR count). The topological polar surface area (TPSA) is 76.5 Å². The van der Waals surface area contributed by atoms with Crippen LogP contribution in [0.1, 0.15) is 16.1 Å². The van der Waals surface area contributed by atoms with Crippen LogP contribution in [0.15, 0.2) is 38.8 Å². The Balaban J connectivity index is 1.96. The molecular weight excluding hydrogens is 218 g/mol. The van der Waals surface area contributed by atoms with Crippen molar-refractivity contribution in [1.82, 2.24) is 4.98 Å². The lowest BCUT2D eigenvalue weighted by Crippen LogP contribution is -1.91. The normalized spacial score (nSPS) is 10.4. The predicted molar refractivity (Wildman–Crippen MR) is 51.7 cm³/mol.